The first kappa shape index (κ1) is 24.8. The van der Waals surface area contributed by atoms with E-state index in [0.717, 1.165) is 17.7 Å². The van der Waals surface area contributed by atoms with E-state index in [1.54, 1.807) is 13.0 Å². The Kier molecular flexibility index (Phi) is 8.52. The zero-order valence-corrected chi connectivity index (χ0v) is 18.3. The number of nitrogens with one attached hydrogen (secondary N) is 1. The van der Waals surface area contributed by atoms with Crippen LogP contribution in [0.25, 0.3) is 0 Å². The molecule has 0 aromatic heterocycles. The molecule has 0 bridgehead atoms. The number of aliphatic hydroxyl groups excluding tert-OH is 1. The average molecular weight is 463 g/mol. The third kappa shape index (κ3) is 6.58. The Morgan fingerprint density at radius 2 is 1.82 bits per heavy atom. The molecule has 0 unspecified atom stereocenters. The van der Waals surface area contributed by atoms with Crippen LogP contribution < -0.4 is 5.32 Å². The van der Waals surface area contributed by atoms with E-state index in [4.69, 9.17) is 9.47 Å². The second kappa shape index (κ2) is 11.3. The molecule has 1 heterocycles. The van der Waals surface area contributed by atoms with Crippen LogP contribution in [0.5, 0.6) is 0 Å². The van der Waals surface area contributed by atoms with Crippen LogP contribution >= 0.6 is 0 Å². The van der Waals surface area contributed by atoms with E-state index in [-0.39, 0.29) is 18.3 Å². The highest BCUT2D eigenvalue weighted by atomic mass is 19.4. The third-order valence-corrected chi connectivity index (χ3v) is 5.55. The van der Waals surface area contributed by atoms with Gasteiger partial charge in [0.2, 0.25) is 6.29 Å². The highest BCUT2D eigenvalue weighted by molar-refractivity contribution is 5.91. The third-order valence-electron chi connectivity index (χ3n) is 5.55. The molecule has 33 heavy (non-hydrogen) atoms. The van der Waals surface area contributed by atoms with Gasteiger partial charge in [0.15, 0.2) is 5.76 Å². The molecular weight excluding hydrogens is 435 g/mol. The molecule has 0 radical (unpaired) electrons. The summed E-state index contributed by atoms with van der Waals surface area (Å²) in [5, 5.41) is 12.1. The van der Waals surface area contributed by atoms with E-state index in [1.165, 1.54) is 12.1 Å². The lowest BCUT2D eigenvalue weighted by atomic mass is 9.80. The summed E-state index contributed by atoms with van der Waals surface area (Å²) in [6.07, 6.45) is -2.58. The van der Waals surface area contributed by atoms with E-state index >= 15 is 0 Å². The summed E-state index contributed by atoms with van der Waals surface area (Å²) in [6.45, 7) is 2.40. The Hall–Kier alpha value is -2.84. The molecule has 178 valence electrons. The highest BCUT2D eigenvalue weighted by Gasteiger charge is 2.38. The Balaban J connectivity index is 1.89. The molecule has 8 heteroatoms. The van der Waals surface area contributed by atoms with Gasteiger partial charge in [0.1, 0.15) is 0 Å². The Bertz CT molecular complexity index is 929. The Labute approximate surface area is 191 Å². The molecule has 3 rings (SSSR count). The SMILES string of the molecule is CCO[C@@H]1OC(C(=O)NCc2ccccc2)=C[C@H](c2ccc(C(F)(F)F)cc2)[C@H]1CCCO. The number of benzene rings is 2. The topological polar surface area (TPSA) is 67.8 Å². The molecule has 0 fully saturated rings. The van der Waals surface area contributed by atoms with Crippen molar-refractivity contribution in [3.8, 4) is 0 Å². The Morgan fingerprint density at radius 3 is 2.42 bits per heavy atom. The average Bonchev–Trinajstić information content (AvgIpc) is 2.81. The van der Waals surface area contributed by atoms with Gasteiger partial charge in [0, 0.05) is 31.6 Å². The van der Waals surface area contributed by atoms with Crippen molar-refractivity contribution < 1.29 is 32.5 Å². The van der Waals surface area contributed by atoms with Gasteiger partial charge in [0.25, 0.3) is 5.91 Å². The monoisotopic (exact) mass is 463 g/mol. The normalized spacial score (nSPS) is 20.6. The molecule has 5 nitrogen and oxygen atoms in total. The number of rotatable bonds is 9. The van der Waals surface area contributed by atoms with Crippen molar-refractivity contribution in [1.29, 1.82) is 0 Å². The molecule has 0 aliphatic carbocycles. The van der Waals surface area contributed by atoms with Crippen LogP contribution in [0, 0.1) is 5.92 Å². The lowest BCUT2D eigenvalue weighted by Crippen LogP contribution is -2.39. The molecule has 0 saturated heterocycles. The van der Waals surface area contributed by atoms with Crippen molar-refractivity contribution in [2.75, 3.05) is 13.2 Å². The van der Waals surface area contributed by atoms with Crippen LogP contribution in [0.1, 0.15) is 42.4 Å². The maximum absolute atomic E-state index is 13.0. The lowest BCUT2D eigenvalue weighted by molar-refractivity contribution is -0.166. The molecule has 1 amide bonds. The first-order valence-corrected chi connectivity index (χ1v) is 10.9. The van der Waals surface area contributed by atoms with Crippen molar-refractivity contribution in [2.45, 2.75) is 44.7 Å². The lowest BCUT2D eigenvalue weighted by Gasteiger charge is -2.37. The second-order valence-electron chi connectivity index (χ2n) is 7.82. The molecule has 2 N–H and O–H groups in total. The van der Waals surface area contributed by atoms with Gasteiger partial charge >= 0.3 is 6.18 Å². The molecule has 2 aromatic carbocycles. The predicted octanol–water partition coefficient (Wildman–Crippen LogP) is 4.77. The first-order valence-electron chi connectivity index (χ1n) is 10.9. The minimum atomic E-state index is -4.43. The summed E-state index contributed by atoms with van der Waals surface area (Å²) < 4.78 is 50.7. The summed E-state index contributed by atoms with van der Waals surface area (Å²) in [5.74, 6) is -1.06. The summed E-state index contributed by atoms with van der Waals surface area (Å²) >= 11 is 0. The van der Waals surface area contributed by atoms with Crippen LogP contribution in [-0.4, -0.2) is 30.5 Å². The number of aliphatic hydroxyl groups is 1. The molecular formula is C25H28F3NO4. The van der Waals surface area contributed by atoms with Gasteiger partial charge in [-0.05, 0) is 49.1 Å². The van der Waals surface area contributed by atoms with Crippen molar-refractivity contribution in [1.82, 2.24) is 5.32 Å². The fourth-order valence-electron chi connectivity index (χ4n) is 3.90. The van der Waals surface area contributed by atoms with E-state index in [2.05, 4.69) is 5.32 Å². The number of ether oxygens (including phenoxy) is 2. The number of carbonyl (C=O) groups excluding carboxylic acids is 1. The number of hydrogen-bond donors (Lipinski definition) is 2. The van der Waals surface area contributed by atoms with Gasteiger partial charge in [-0.1, -0.05) is 42.5 Å². The van der Waals surface area contributed by atoms with E-state index in [9.17, 15) is 23.1 Å². The fourth-order valence-corrected chi connectivity index (χ4v) is 3.90. The van der Waals surface area contributed by atoms with Crippen molar-refractivity contribution in [3.05, 3.63) is 83.1 Å². The van der Waals surface area contributed by atoms with Crippen LogP contribution in [0.4, 0.5) is 13.2 Å². The van der Waals surface area contributed by atoms with Gasteiger partial charge in [-0.2, -0.15) is 13.2 Å². The largest absolute Gasteiger partial charge is 0.459 e. The quantitative estimate of drug-likeness (QED) is 0.562. The summed E-state index contributed by atoms with van der Waals surface area (Å²) in [4.78, 5) is 12.9. The number of halogens is 3. The number of hydrogen-bond acceptors (Lipinski definition) is 4. The van der Waals surface area contributed by atoms with Crippen LogP contribution in [-0.2, 0) is 27.0 Å². The van der Waals surface area contributed by atoms with Crippen molar-refractivity contribution in [2.24, 2.45) is 5.92 Å². The maximum Gasteiger partial charge on any atom is 0.416 e. The number of amides is 1. The molecule has 2 aromatic rings. The van der Waals surface area contributed by atoms with Crippen molar-refractivity contribution in [3.63, 3.8) is 0 Å². The van der Waals surface area contributed by atoms with Gasteiger partial charge in [-0.3, -0.25) is 4.79 Å². The van der Waals surface area contributed by atoms with Crippen LogP contribution in [0.2, 0.25) is 0 Å². The zero-order valence-electron chi connectivity index (χ0n) is 18.3. The second-order valence-corrected chi connectivity index (χ2v) is 7.82. The molecule has 0 spiro atoms. The minimum absolute atomic E-state index is 0.0385. The van der Waals surface area contributed by atoms with Gasteiger partial charge < -0.3 is 19.9 Å². The molecule has 1 aliphatic heterocycles. The first-order chi connectivity index (χ1) is 15.8. The number of allylic oxidation sites excluding steroid dienone is 1. The van der Waals surface area contributed by atoms with E-state index < -0.39 is 29.9 Å². The maximum atomic E-state index is 13.0. The number of alkyl halides is 3. The van der Waals surface area contributed by atoms with Crippen LogP contribution in [0.3, 0.4) is 0 Å². The summed E-state index contributed by atoms with van der Waals surface area (Å²) in [7, 11) is 0. The van der Waals surface area contributed by atoms with Crippen LogP contribution in [0.15, 0.2) is 66.4 Å². The molecule has 1 aliphatic rings. The zero-order chi connectivity index (χ0) is 23.8. The van der Waals surface area contributed by atoms with Gasteiger partial charge in [-0.25, -0.2) is 0 Å². The summed E-state index contributed by atoms with van der Waals surface area (Å²) in [5.41, 5.74) is 0.799. The van der Waals surface area contributed by atoms with Gasteiger partial charge in [0.05, 0.1) is 5.56 Å². The number of carbonyl (C=O) groups is 1. The van der Waals surface area contributed by atoms with E-state index in [0.29, 0.717) is 31.6 Å². The fraction of sp³-hybridized carbons (Fsp3) is 0.400. The Morgan fingerprint density at radius 1 is 1.12 bits per heavy atom. The standard InChI is InChI=1S/C25H28F3NO4/c1-2-32-24-20(9-6-14-30)21(18-10-12-19(13-11-18)25(26,27)28)15-22(33-24)23(31)29-16-17-7-4-3-5-8-17/h3-5,7-8,10-13,15,20-21,24,30H,2,6,9,14,16H2,1H3,(H,29,31)/t20-,21-,24-/m1/s1. The smallest absolute Gasteiger partial charge is 0.416 e. The molecule has 0 saturated carbocycles. The highest BCUT2D eigenvalue weighted by Crippen LogP contribution is 2.40. The summed E-state index contributed by atoms with van der Waals surface area (Å²) in [6, 6.07) is 14.3. The van der Waals surface area contributed by atoms with Crippen molar-refractivity contribution >= 4 is 5.91 Å². The van der Waals surface area contributed by atoms with E-state index in [1.807, 2.05) is 30.3 Å². The molecule has 3 atom stereocenters. The van der Waals surface area contributed by atoms with Gasteiger partial charge in [-0.15, -0.1) is 0 Å². The minimum Gasteiger partial charge on any atom is -0.459 e. The predicted molar refractivity (Wildman–Crippen MR) is 117 cm³/mol.